The fourth-order valence-corrected chi connectivity index (χ4v) is 3.58. The number of aromatic nitrogens is 1. The molecule has 1 N–H and O–H groups in total. The maximum Gasteiger partial charge on any atom is 0.267 e. The summed E-state index contributed by atoms with van der Waals surface area (Å²) in [5, 5.41) is 3.75. The summed E-state index contributed by atoms with van der Waals surface area (Å²) in [5.74, 6) is 0.664. The summed E-state index contributed by atoms with van der Waals surface area (Å²) in [6.45, 7) is 4.39. The van der Waals surface area contributed by atoms with Crippen LogP contribution in [0.25, 0.3) is 0 Å². The number of nitrogens with zero attached hydrogens (tertiary/aromatic N) is 1. The van der Waals surface area contributed by atoms with Crippen molar-refractivity contribution < 1.29 is 9.53 Å². The molecule has 0 aliphatic rings. The molecule has 1 heterocycles. The van der Waals surface area contributed by atoms with Crippen LogP contribution in [0.4, 0.5) is 5.69 Å². The number of hydrogen-bond acceptors (Lipinski definition) is 4. The molecule has 27 heavy (non-hydrogen) atoms. The third-order valence-corrected chi connectivity index (χ3v) is 5.31. The number of ether oxygens (including phenoxy) is 1. The Hall–Kier alpha value is -2.66. The fourth-order valence-electron chi connectivity index (χ4n) is 2.71. The lowest BCUT2D eigenvalue weighted by atomic mass is 10.1. The van der Waals surface area contributed by atoms with Gasteiger partial charge < -0.3 is 10.1 Å². The van der Waals surface area contributed by atoms with Crippen molar-refractivity contribution in [1.29, 1.82) is 0 Å². The van der Waals surface area contributed by atoms with Gasteiger partial charge in [-0.25, -0.2) is 4.98 Å². The lowest BCUT2D eigenvalue weighted by Crippen LogP contribution is -2.11. The molecule has 1 aromatic heterocycles. The number of anilines is 1. The van der Waals surface area contributed by atoms with E-state index >= 15 is 0 Å². The summed E-state index contributed by atoms with van der Waals surface area (Å²) in [6, 6.07) is 17.7. The topological polar surface area (TPSA) is 51.2 Å². The summed E-state index contributed by atoms with van der Waals surface area (Å²) in [7, 11) is 0. The van der Waals surface area contributed by atoms with Gasteiger partial charge in [0.1, 0.15) is 22.2 Å². The van der Waals surface area contributed by atoms with E-state index in [9.17, 15) is 4.79 Å². The van der Waals surface area contributed by atoms with Crippen LogP contribution < -0.4 is 10.1 Å². The van der Waals surface area contributed by atoms with Gasteiger partial charge in [-0.3, -0.25) is 4.79 Å². The van der Waals surface area contributed by atoms with Gasteiger partial charge in [0.2, 0.25) is 0 Å². The van der Waals surface area contributed by atoms with E-state index in [1.165, 1.54) is 29.7 Å². The highest BCUT2D eigenvalue weighted by Crippen LogP contribution is 2.22. The number of nitrogens with one attached hydrogen (secondary N) is 1. The van der Waals surface area contributed by atoms with Crippen LogP contribution in [0.1, 0.15) is 45.7 Å². The van der Waals surface area contributed by atoms with Gasteiger partial charge in [-0.05, 0) is 49.6 Å². The van der Waals surface area contributed by atoms with Gasteiger partial charge in [0, 0.05) is 5.69 Å². The molecule has 3 aromatic rings. The van der Waals surface area contributed by atoms with Crippen LogP contribution >= 0.6 is 11.3 Å². The molecule has 0 saturated heterocycles. The van der Waals surface area contributed by atoms with Crippen molar-refractivity contribution in [3.05, 3.63) is 75.7 Å². The highest BCUT2D eigenvalue weighted by molar-refractivity contribution is 7.13. The van der Waals surface area contributed by atoms with E-state index in [1.807, 2.05) is 49.4 Å². The first-order valence-corrected chi connectivity index (χ1v) is 10.0. The molecule has 0 aliphatic heterocycles. The molecule has 140 valence electrons. The number of amides is 1. The quantitative estimate of drug-likeness (QED) is 0.551. The molecule has 0 atom stereocenters. The molecule has 4 nitrogen and oxygen atoms in total. The van der Waals surface area contributed by atoms with Crippen molar-refractivity contribution in [1.82, 2.24) is 4.98 Å². The minimum Gasteiger partial charge on any atom is -0.486 e. The Morgan fingerprint density at radius 1 is 1.11 bits per heavy atom. The molecule has 0 fully saturated rings. The first kappa shape index (κ1) is 19.1. The largest absolute Gasteiger partial charge is 0.486 e. The number of aryl methyl sites for hydroxylation is 2. The molecule has 1 amide bonds. The summed E-state index contributed by atoms with van der Waals surface area (Å²) >= 11 is 1.37. The molecule has 0 radical (unpaired) electrons. The smallest absolute Gasteiger partial charge is 0.267 e. The Kier molecular flexibility index (Phi) is 6.60. The molecule has 0 saturated carbocycles. The molecule has 5 heteroatoms. The zero-order chi connectivity index (χ0) is 19.1. The van der Waals surface area contributed by atoms with Crippen LogP contribution in [0.3, 0.4) is 0 Å². The molecule has 0 spiro atoms. The van der Waals surface area contributed by atoms with Crippen molar-refractivity contribution in [2.45, 2.75) is 39.7 Å². The van der Waals surface area contributed by atoms with E-state index in [2.05, 4.69) is 29.4 Å². The van der Waals surface area contributed by atoms with Gasteiger partial charge in [-0.15, -0.1) is 11.3 Å². The second kappa shape index (κ2) is 9.33. The van der Waals surface area contributed by atoms with Crippen molar-refractivity contribution >= 4 is 22.9 Å². The Morgan fingerprint density at radius 3 is 2.56 bits per heavy atom. The molecule has 0 bridgehead atoms. The summed E-state index contributed by atoms with van der Waals surface area (Å²) < 4.78 is 5.72. The monoisotopic (exact) mass is 380 g/mol. The third kappa shape index (κ3) is 5.41. The molecule has 0 aliphatic carbocycles. The van der Waals surface area contributed by atoms with E-state index in [1.54, 1.807) is 0 Å². The first-order valence-electron chi connectivity index (χ1n) is 9.20. The van der Waals surface area contributed by atoms with E-state index in [4.69, 9.17) is 4.74 Å². The second-order valence-corrected chi connectivity index (χ2v) is 7.46. The number of benzene rings is 2. The Morgan fingerprint density at radius 2 is 1.85 bits per heavy atom. The van der Waals surface area contributed by atoms with Gasteiger partial charge in [-0.1, -0.05) is 43.7 Å². The Balaban J connectivity index is 1.60. The van der Waals surface area contributed by atoms with Crippen LogP contribution in [0.15, 0.2) is 54.6 Å². The highest BCUT2D eigenvalue weighted by atomic mass is 32.1. The van der Waals surface area contributed by atoms with E-state index in [0.717, 1.165) is 28.6 Å². The maximum absolute atomic E-state index is 12.6. The van der Waals surface area contributed by atoms with Gasteiger partial charge in [0.05, 0.1) is 5.69 Å². The van der Waals surface area contributed by atoms with Crippen molar-refractivity contribution in [2.75, 3.05) is 5.32 Å². The number of rotatable bonds is 8. The van der Waals surface area contributed by atoms with Crippen LogP contribution in [-0.4, -0.2) is 10.9 Å². The van der Waals surface area contributed by atoms with Crippen LogP contribution in [0.2, 0.25) is 0 Å². The van der Waals surface area contributed by atoms with Crippen LogP contribution in [0.5, 0.6) is 5.75 Å². The average molecular weight is 381 g/mol. The highest BCUT2D eigenvalue weighted by Gasteiger charge is 2.16. The number of carbonyl (C=O) groups is 1. The summed E-state index contributed by atoms with van der Waals surface area (Å²) in [4.78, 5) is 17.7. The van der Waals surface area contributed by atoms with E-state index < -0.39 is 0 Å². The molecule has 3 rings (SSSR count). The standard InChI is InChI=1S/C22H24N2O2S/c1-3-4-8-17-11-13-18(14-12-17)24-22(25)21-16(2)23-20(27-21)15-26-19-9-6-5-7-10-19/h5-7,9-14H,3-4,8,15H2,1-2H3,(H,24,25). The fraction of sp³-hybridized carbons (Fsp3) is 0.273. The van der Waals surface area contributed by atoms with Gasteiger partial charge in [-0.2, -0.15) is 0 Å². The third-order valence-electron chi connectivity index (χ3n) is 4.18. The SMILES string of the molecule is CCCCc1ccc(NC(=O)c2sc(COc3ccccc3)nc2C)cc1. The molecular formula is C22H24N2O2S. The minimum absolute atomic E-state index is 0.128. The lowest BCUT2D eigenvalue weighted by molar-refractivity contribution is 0.103. The first-order chi connectivity index (χ1) is 13.2. The van der Waals surface area contributed by atoms with Crippen molar-refractivity contribution in [3.8, 4) is 5.75 Å². The second-order valence-electron chi connectivity index (χ2n) is 6.38. The number of para-hydroxylation sites is 1. The predicted molar refractivity (Wildman–Crippen MR) is 111 cm³/mol. The van der Waals surface area contributed by atoms with Gasteiger partial charge in [0.25, 0.3) is 5.91 Å². The predicted octanol–water partition coefficient (Wildman–Crippen LogP) is 5.63. The summed E-state index contributed by atoms with van der Waals surface area (Å²) in [6.07, 6.45) is 3.43. The molecule has 0 unspecified atom stereocenters. The number of carbonyl (C=O) groups excluding carboxylic acids is 1. The average Bonchev–Trinajstić information content (AvgIpc) is 3.07. The lowest BCUT2D eigenvalue weighted by Gasteiger charge is -2.06. The van der Waals surface area contributed by atoms with E-state index in [0.29, 0.717) is 11.5 Å². The van der Waals surface area contributed by atoms with Crippen molar-refractivity contribution in [3.63, 3.8) is 0 Å². The maximum atomic E-state index is 12.6. The van der Waals surface area contributed by atoms with Gasteiger partial charge in [0.15, 0.2) is 0 Å². The molecule has 2 aromatic carbocycles. The van der Waals surface area contributed by atoms with Crippen molar-refractivity contribution in [2.24, 2.45) is 0 Å². The van der Waals surface area contributed by atoms with E-state index in [-0.39, 0.29) is 5.91 Å². The number of hydrogen-bond donors (Lipinski definition) is 1. The number of unbranched alkanes of at least 4 members (excludes halogenated alkanes) is 1. The zero-order valence-electron chi connectivity index (χ0n) is 15.7. The Bertz CT molecular complexity index is 873. The number of thiazole rings is 1. The van der Waals surface area contributed by atoms with Crippen LogP contribution in [-0.2, 0) is 13.0 Å². The normalized spacial score (nSPS) is 10.6. The zero-order valence-corrected chi connectivity index (χ0v) is 16.5. The molecular weight excluding hydrogens is 356 g/mol. The van der Waals surface area contributed by atoms with Gasteiger partial charge >= 0.3 is 0 Å². The minimum atomic E-state index is -0.128. The summed E-state index contributed by atoms with van der Waals surface area (Å²) in [5.41, 5.74) is 2.82. The Labute approximate surface area is 164 Å². The van der Waals surface area contributed by atoms with Crippen LogP contribution in [0, 0.1) is 6.92 Å².